The Balaban J connectivity index is 2.32. The van der Waals surface area contributed by atoms with Crippen LogP contribution in [0.2, 0.25) is 0 Å². The van der Waals surface area contributed by atoms with Crippen molar-refractivity contribution < 1.29 is 27.5 Å². The summed E-state index contributed by atoms with van der Waals surface area (Å²) in [5, 5.41) is 2.74. The van der Waals surface area contributed by atoms with Gasteiger partial charge in [0.1, 0.15) is 15.9 Å². The minimum atomic E-state index is -4.00. The molecule has 1 N–H and O–H groups in total. The van der Waals surface area contributed by atoms with Crippen LogP contribution in [0.3, 0.4) is 0 Å². The van der Waals surface area contributed by atoms with Crippen LogP contribution in [-0.2, 0) is 19.5 Å². The van der Waals surface area contributed by atoms with Crippen LogP contribution in [0.5, 0.6) is 0 Å². The normalized spacial score (nSPS) is 22.3. The molecule has 0 saturated carbocycles. The summed E-state index contributed by atoms with van der Waals surface area (Å²) >= 11 is 0. The summed E-state index contributed by atoms with van der Waals surface area (Å²) in [5.41, 5.74) is -1.24. The van der Waals surface area contributed by atoms with Gasteiger partial charge in [0.05, 0.1) is 5.56 Å². The predicted octanol–water partition coefficient (Wildman–Crippen LogP) is 4.04. The van der Waals surface area contributed by atoms with Crippen LogP contribution < -0.4 is 5.32 Å². The van der Waals surface area contributed by atoms with E-state index < -0.39 is 50.0 Å². The molecule has 0 aliphatic heterocycles. The number of carbonyl (C=O) groups excluding carboxylic acids is 2. The Hall–Kier alpha value is -2.55. The van der Waals surface area contributed by atoms with Crippen molar-refractivity contribution in [2.24, 2.45) is 5.92 Å². The molecule has 0 radical (unpaired) electrons. The second kappa shape index (κ2) is 8.77. The Bertz CT molecular complexity index is 1020. The summed E-state index contributed by atoms with van der Waals surface area (Å²) in [7, 11) is -4.00. The van der Waals surface area contributed by atoms with Gasteiger partial charge < -0.3 is 14.8 Å². The number of amides is 1. The monoisotopic (exact) mass is 466 g/mol. The predicted molar refractivity (Wildman–Crippen MR) is 123 cm³/mol. The first-order valence-electron chi connectivity index (χ1n) is 10.5. The van der Waals surface area contributed by atoms with E-state index in [1.165, 1.54) is 18.5 Å². The minimum absolute atomic E-state index is 0.138. The lowest BCUT2D eigenvalue weighted by molar-refractivity contribution is 0.00693. The Morgan fingerprint density at radius 2 is 1.69 bits per heavy atom. The number of carbonyl (C=O) groups is 2. The molecule has 1 aliphatic carbocycles. The third kappa shape index (κ3) is 5.82. The van der Waals surface area contributed by atoms with Gasteiger partial charge in [-0.2, -0.15) is 0 Å². The molecule has 2 rings (SSSR count). The fourth-order valence-electron chi connectivity index (χ4n) is 3.45. The van der Waals surface area contributed by atoms with Crippen molar-refractivity contribution in [1.29, 1.82) is 0 Å². The maximum Gasteiger partial charge on any atom is 0.407 e. The molecule has 0 saturated heterocycles. The van der Waals surface area contributed by atoms with E-state index in [2.05, 4.69) is 5.32 Å². The zero-order valence-corrected chi connectivity index (χ0v) is 20.8. The zero-order valence-electron chi connectivity index (χ0n) is 20.0. The van der Waals surface area contributed by atoms with Crippen LogP contribution in [0.15, 0.2) is 42.8 Å². The first-order chi connectivity index (χ1) is 14.5. The molecular formula is C23H34N2O6S. The van der Waals surface area contributed by atoms with E-state index in [4.69, 9.17) is 9.47 Å². The van der Waals surface area contributed by atoms with Gasteiger partial charge in [-0.25, -0.2) is 18.0 Å². The molecule has 1 amide bonds. The first kappa shape index (κ1) is 25.7. The Morgan fingerprint density at radius 3 is 2.25 bits per heavy atom. The molecule has 32 heavy (non-hydrogen) atoms. The fraction of sp³-hybridized carbons (Fsp3) is 0.565. The fourth-order valence-corrected chi connectivity index (χ4v) is 5.25. The van der Waals surface area contributed by atoms with E-state index in [1.54, 1.807) is 79.7 Å². The average molecular weight is 467 g/mol. The number of ether oxygens (including phenoxy) is 2. The van der Waals surface area contributed by atoms with E-state index in [0.717, 1.165) is 3.97 Å². The van der Waals surface area contributed by atoms with E-state index in [9.17, 15) is 18.0 Å². The molecule has 2 unspecified atom stereocenters. The van der Waals surface area contributed by atoms with E-state index >= 15 is 0 Å². The van der Waals surface area contributed by atoms with Crippen molar-refractivity contribution in [3.05, 3.63) is 48.3 Å². The van der Waals surface area contributed by atoms with E-state index in [-0.39, 0.29) is 5.56 Å². The molecule has 178 valence electrons. The van der Waals surface area contributed by atoms with Crippen LogP contribution in [0.1, 0.15) is 65.7 Å². The van der Waals surface area contributed by atoms with Crippen molar-refractivity contribution >= 4 is 22.1 Å². The van der Waals surface area contributed by atoms with Crippen molar-refractivity contribution in [3.63, 3.8) is 0 Å². The van der Waals surface area contributed by atoms with E-state index in [1.807, 2.05) is 0 Å². The molecule has 9 heteroatoms. The van der Waals surface area contributed by atoms with Gasteiger partial charge in [-0.3, -0.25) is 3.97 Å². The molecule has 8 nitrogen and oxygen atoms in total. The highest BCUT2D eigenvalue weighted by molar-refractivity contribution is 7.91. The topological polar surface area (TPSA) is 104 Å². The minimum Gasteiger partial charge on any atom is -0.456 e. The maximum absolute atomic E-state index is 13.6. The molecule has 1 aromatic heterocycles. The largest absolute Gasteiger partial charge is 0.456 e. The quantitative estimate of drug-likeness (QED) is 0.657. The number of aromatic nitrogens is 1. The summed E-state index contributed by atoms with van der Waals surface area (Å²) in [5.74, 6) is -1.19. The number of alkyl carbamates (subject to hydrolysis) is 1. The Labute approximate surface area is 190 Å². The highest BCUT2D eigenvalue weighted by Crippen LogP contribution is 2.36. The molecule has 0 spiro atoms. The van der Waals surface area contributed by atoms with Gasteiger partial charge in [0, 0.05) is 24.4 Å². The lowest BCUT2D eigenvalue weighted by Crippen LogP contribution is -2.53. The number of esters is 1. The van der Waals surface area contributed by atoms with Gasteiger partial charge >= 0.3 is 12.1 Å². The lowest BCUT2D eigenvalue weighted by Gasteiger charge is -2.38. The lowest BCUT2D eigenvalue weighted by atomic mass is 9.84. The summed E-state index contributed by atoms with van der Waals surface area (Å²) in [6, 6.07) is 0.862. The van der Waals surface area contributed by atoms with Crippen molar-refractivity contribution in [3.8, 4) is 0 Å². The average Bonchev–Trinajstić information content (AvgIpc) is 3.09. The number of nitrogens with one attached hydrogen (secondary N) is 1. The highest BCUT2D eigenvalue weighted by Gasteiger charge is 2.47. The highest BCUT2D eigenvalue weighted by atomic mass is 32.2. The second-order valence-corrected chi connectivity index (χ2v) is 12.4. The number of nitrogens with zero attached hydrogens (tertiary/aromatic N) is 1. The van der Waals surface area contributed by atoms with Gasteiger partial charge in [-0.15, -0.1) is 0 Å². The summed E-state index contributed by atoms with van der Waals surface area (Å²) in [6.07, 6.45) is 8.70. The molecule has 1 aromatic rings. The third-order valence-corrected chi connectivity index (χ3v) is 7.24. The summed E-state index contributed by atoms with van der Waals surface area (Å²) in [6.45, 7) is 13.8. The molecular weight excluding hydrogens is 432 g/mol. The van der Waals surface area contributed by atoms with Gasteiger partial charge in [0.15, 0.2) is 0 Å². The van der Waals surface area contributed by atoms with Crippen LogP contribution in [0.4, 0.5) is 4.79 Å². The SMILES string of the molecule is CC(NC(=O)OC(C)(C)C)C1C=CC=C[C@@]1(C)S(=O)(=O)n1ccc(C(=O)OC(C)(C)C)c1. The number of hydrogen-bond donors (Lipinski definition) is 1. The Kier molecular flexibility index (Phi) is 7.04. The van der Waals surface area contributed by atoms with Crippen molar-refractivity contribution in [2.45, 2.75) is 77.4 Å². The van der Waals surface area contributed by atoms with Crippen LogP contribution in [-0.4, -0.2) is 46.4 Å². The number of allylic oxidation sites excluding steroid dienone is 2. The molecule has 0 bridgehead atoms. The molecule has 1 aliphatic rings. The van der Waals surface area contributed by atoms with E-state index in [0.29, 0.717) is 0 Å². The maximum atomic E-state index is 13.6. The zero-order chi connectivity index (χ0) is 24.5. The summed E-state index contributed by atoms with van der Waals surface area (Å²) in [4.78, 5) is 24.6. The standard InChI is InChI=1S/C23H34N2O6S/c1-16(24-20(27)31-22(5,6)7)18-11-9-10-13-23(18,8)32(28,29)25-14-12-17(15-25)19(26)30-21(2,3)4/h9-16,18H,1-8H3,(H,24,27)/t16?,18?,23-/m1/s1. The van der Waals surface area contributed by atoms with Gasteiger partial charge in [-0.1, -0.05) is 24.3 Å². The number of rotatable bonds is 5. The number of hydrogen-bond acceptors (Lipinski definition) is 6. The molecule has 0 fully saturated rings. The van der Waals surface area contributed by atoms with Gasteiger partial charge in [0.25, 0.3) is 0 Å². The van der Waals surface area contributed by atoms with Gasteiger partial charge in [0.2, 0.25) is 10.0 Å². The third-order valence-electron chi connectivity index (χ3n) is 4.94. The van der Waals surface area contributed by atoms with Crippen molar-refractivity contribution in [1.82, 2.24) is 9.29 Å². The molecule has 0 aromatic carbocycles. The molecule has 1 heterocycles. The van der Waals surface area contributed by atoms with Crippen LogP contribution in [0.25, 0.3) is 0 Å². The second-order valence-electron chi connectivity index (χ2n) is 10.1. The van der Waals surface area contributed by atoms with Crippen LogP contribution in [0, 0.1) is 5.92 Å². The van der Waals surface area contributed by atoms with Crippen molar-refractivity contribution in [2.75, 3.05) is 0 Å². The van der Waals surface area contributed by atoms with Gasteiger partial charge in [-0.05, 0) is 61.5 Å². The van der Waals surface area contributed by atoms with Crippen LogP contribution >= 0.6 is 0 Å². The molecule has 3 atom stereocenters. The first-order valence-corrected chi connectivity index (χ1v) is 11.9. The smallest absolute Gasteiger partial charge is 0.407 e. The summed E-state index contributed by atoms with van der Waals surface area (Å²) < 4.78 is 37.6. The Morgan fingerprint density at radius 1 is 1.09 bits per heavy atom.